The number of nitrogens with one attached hydrogen (secondary N) is 2. The molecule has 0 fully saturated rings. The van der Waals surface area contributed by atoms with Gasteiger partial charge in [-0.2, -0.15) is 0 Å². The monoisotopic (exact) mass is 394 g/mol. The molecule has 1 aliphatic carbocycles. The first-order valence-electron chi connectivity index (χ1n) is 9.36. The lowest BCUT2D eigenvalue weighted by molar-refractivity contribution is -0.886. The largest absolute Gasteiger partial charge is 0.344 e. The smallest absolute Gasteiger partial charge is 0.282 e. The molecule has 2 N–H and O–H groups in total. The number of carbonyl (C=O) groups excluding carboxylic acids is 4. The van der Waals surface area contributed by atoms with Gasteiger partial charge in [-0.15, -0.1) is 0 Å². The summed E-state index contributed by atoms with van der Waals surface area (Å²) in [5, 5.41) is 2.79. The van der Waals surface area contributed by atoms with Gasteiger partial charge < -0.3 is 15.1 Å². The Kier molecular flexibility index (Phi) is 5.61. The van der Waals surface area contributed by atoms with Gasteiger partial charge in [0.05, 0.1) is 7.05 Å². The SMILES string of the molecule is C[C@H](C(=O)Nc1ccc2c(c1)C(=O)c1ccccc1C2=O)[NH+](C)CC(=O)N(C)C. The van der Waals surface area contributed by atoms with Crippen LogP contribution < -0.4 is 10.2 Å². The van der Waals surface area contributed by atoms with Crippen LogP contribution in [0.1, 0.15) is 38.8 Å². The molecule has 7 heteroatoms. The number of ketones is 2. The van der Waals surface area contributed by atoms with Gasteiger partial charge in [0.15, 0.2) is 24.2 Å². The zero-order valence-electron chi connectivity index (χ0n) is 16.9. The Morgan fingerprint density at radius 3 is 2.10 bits per heavy atom. The number of nitrogens with zero attached hydrogens (tertiary/aromatic N) is 1. The minimum atomic E-state index is -0.479. The molecule has 2 amide bonds. The molecule has 2 aromatic carbocycles. The second-order valence-electron chi connectivity index (χ2n) is 7.49. The van der Waals surface area contributed by atoms with Crippen molar-refractivity contribution in [2.45, 2.75) is 13.0 Å². The summed E-state index contributed by atoms with van der Waals surface area (Å²) in [4.78, 5) is 52.2. The Hall–Kier alpha value is -3.32. The average molecular weight is 394 g/mol. The molecule has 1 unspecified atom stereocenters. The number of benzene rings is 2. The van der Waals surface area contributed by atoms with Gasteiger partial charge in [0.25, 0.3) is 11.8 Å². The van der Waals surface area contributed by atoms with Gasteiger partial charge in [-0.1, -0.05) is 24.3 Å². The summed E-state index contributed by atoms with van der Waals surface area (Å²) in [6.45, 7) is 1.92. The lowest BCUT2D eigenvalue weighted by atomic mass is 9.84. The minimum Gasteiger partial charge on any atom is -0.344 e. The summed E-state index contributed by atoms with van der Waals surface area (Å²) in [7, 11) is 5.12. The maximum Gasteiger partial charge on any atom is 0.282 e. The highest BCUT2D eigenvalue weighted by molar-refractivity contribution is 6.28. The third kappa shape index (κ3) is 3.95. The Morgan fingerprint density at radius 2 is 1.52 bits per heavy atom. The predicted molar refractivity (Wildman–Crippen MR) is 108 cm³/mol. The highest BCUT2D eigenvalue weighted by Gasteiger charge is 2.30. The molecule has 29 heavy (non-hydrogen) atoms. The molecular weight excluding hydrogens is 370 g/mol. The molecule has 0 aromatic heterocycles. The highest BCUT2D eigenvalue weighted by Crippen LogP contribution is 2.29. The van der Waals surface area contributed by atoms with Crippen molar-refractivity contribution < 1.29 is 24.1 Å². The normalized spacial score (nSPS) is 14.5. The predicted octanol–water partition coefficient (Wildman–Crippen LogP) is 0.392. The van der Waals surface area contributed by atoms with Crippen LogP contribution in [0.4, 0.5) is 5.69 Å². The number of hydrogen-bond donors (Lipinski definition) is 2. The van der Waals surface area contributed by atoms with E-state index in [0.29, 0.717) is 22.4 Å². The van der Waals surface area contributed by atoms with Crippen molar-refractivity contribution in [1.82, 2.24) is 4.90 Å². The minimum absolute atomic E-state index is 0.0706. The quantitative estimate of drug-likeness (QED) is 0.656. The average Bonchev–Trinajstić information content (AvgIpc) is 2.71. The van der Waals surface area contributed by atoms with E-state index in [-0.39, 0.29) is 35.5 Å². The van der Waals surface area contributed by atoms with Crippen molar-refractivity contribution in [3.63, 3.8) is 0 Å². The van der Waals surface area contributed by atoms with Crippen LogP contribution in [0.15, 0.2) is 42.5 Å². The third-order valence-electron chi connectivity index (χ3n) is 5.25. The number of carbonyl (C=O) groups is 4. The number of anilines is 1. The first-order valence-corrected chi connectivity index (χ1v) is 9.36. The van der Waals surface area contributed by atoms with Crippen LogP contribution in [0.2, 0.25) is 0 Å². The van der Waals surface area contributed by atoms with E-state index in [4.69, 9.17) is 0 Å². The number of rotatable bonds is 5. The van der Waals surface area contributed by atoms with Crippen LogP contribution in [0.5, 0.6) is 0 Å². The van der Waals surface area contributed by atoms with E-state index in [1.807, 2.05) is 0 Å². The van der Waals surface area contributed by atoms with E-state index in [2.05, 4.69) is 5.32 Å². The summed E-state index contributed by atoms with van der Waals surface area (Å²) in [6, 6.07) is 11.0. The van der Waals surface area contributed by atoms with Crippen LogP contribution in [0.25, 0.3) is 0 Å². The summed E-state index contributed by atoms with van der Waals surface area (Å²) in [5.74, 6) is -0.783. The van der Waals surface area contributed by atoms with E-state index in [9.17, 15) is 19.2 Å². The number of fused-ring (bicyclic) bond motifs is 2. The van der Waals surface area contributed by atoms with E-state index in [1.54, 1.807) is 64.5 Å². The van der Waals surface area contributed by atoms with Gasteiger partial charge in [-0.25, -0.2) is 0 Å². The summed E-state index contributed by atoms with van der Waals surface area (Å²) in [5.41, 5.74) is 1.81. The molecule has 2 atom stereocenters. The van der Waals surface area contributed by atoms with Gasteiger partial charge in [0.1, 0.15) is 0 Å². The van der Waals surface area contributed by atoms with Crippen molar-refractivity contribution in [1.29, 1.82) is 0 Å². The zero-order chi connectivity index (χ0) is 21.3. The molecule has 0 spiro atoms. The number of quaternary nitrogens is 1. The zero-order valence-corrected chi connectivity index (χ0v) is 16.9. The van der Waals surface area contributed by atoms with Gasteiger partial charge in [-0.3, -0.25) is 19.2 Å². The molecular formula is C22H24N3O4+. The van der Waals surface area contributed by atoms with Crippen LogP contribution in [0, 0.1) is 0 Å². The molecule has 150 valence electrons. The number of hydrogen-bond acceptors (Lipinski definition) is 4. The molecule has 0 bridgehead atoms. The summed E-state index contributed by atoms with van der Waals surface area (Å²) >= 11 is 0. The lowest BCUT2D eigenvalue weighted by Gasteiger charge is -2.22. The number of amides is 2. The lowest BCUT2D eigenvalue weighted by Crippen LogP contribution is -3.15. The molecule has 0 saturated heterocycles. The molecule has 0 heterocycles. The van der Waals surface area contributed by atoms with Crippen molar-refractivity contribution >= 4 is 29.1 Å². The van der Waals surface area contributed by atoms with Crippen molar-refractivity contribution in [3.05, 3.63) is 64.7 Å². The number of likely N-dealkylation sites (N-methyl/N-ethyl adjacent to an activating group) is 2. The molecule has 3 rings (SSSR count). The van der Waals surface area contributed by atoms with E-state index >= 15 is 0 Å². The van der Waals surface area contributed by atoms with Gasteiger partial charge >= 0.3 is 0 Å². The molecule has 2 aromatic rings. The second-order valence-corrected chi connectivity index (χ2v) is 7.49. The standard InChI is InChI=1S/C22H23N3O4/c1-13(25(4)12-19(26)24(2)3)22(29)23-14-9-10-17-18(11-14)21(28)16-8-6-5-7-15(16)20(17)27/h5-11,13H,12H2,1-4H3,(H,23,29)/p+1/t13-/m1/s1. The molecule has 0 radical (unpaired) electrons. The van der Waals surface area contributed by atoms with Crippen LogP contribution in [-0.2, 0) is 9.59 Å². The van der Waals surface area contributed by atoms with Crippen molar-refractivity contribution in [2.75, 3.05) is 33.0 Å². The van der Waals surface area contributed by atoms with Crippen LogP contribution in [-0.4, -0.2) is 62.0 Å². The Morgan fingerprint density at radius 1 is 0.966 bits per heavy atom. The van der Waals surface area contributed by atoms with Crippen LogP contribution in [0.3, 0.4) is 0 Å². The fraction of sp³-hybridized carbons (Fsp3) is 0.273. The molecule has 0 saturated carbocycles. The van der Waals surface area contributed by atoms with Crippen molar-refractivity contribution in [2.24, 2.45) is 0 Å². The fourth-order valence-corrected chi connectivity index (χ4v) is 3.20. The molecule has 7 nitrogen and oxygen atoms in total. The third-order valence-corrected chi connectivity index (χ3v) is 5.25. The van der Waals surface area contributed by atoms with Gasteiger partial charge in [0.2, 0.25) is 0 Å². The summed E-state index contributed by atoms with van der Waals surface area (Å²) in [6.07, 6.45) is 0. The molecule has 0 aliphatic heterocycles. The van der Waals surface area contributed by atoms with E-state index in [0.717, 1.165) is 4.90 Å². The Labute approximate surface area is 169 Å². The first kappa shape index (κ1) is 20.4. The second kappa shape index (κ2) is 7.97. The maximum absolute atomic E-state index is 12.8. The van der Waals surface area contributed by atoms with Gasteiger partial charge in [0, 0.05) is 42.0 Å². The van der Waals surface area contributed by atoms with Gasteiger partial charge in [-0.05, 0) is 25.1 Å². The molecule has 1 aliphatic rings. The van der Waals surface area contributed by atoms with Crippen molar-refractivity contribution in [3.8, 4) is 0 Å². The van der Waals surface area contributed by atoms with E-state index < -0.39 is 6.04 Å². The van der Waals surface area contributed by atoms with Crippen LogP contribution >= 0.6 is 0 Å². The fourth-order valence-electron chi connectivity index (χ4n) is 3.20. The highest BCUT2D eigenvalue weighted by atomic mass is 16.2. The first-order chi connectivity index (χ1) is 13.7. The van der Waals surface area contributed by atoms with E-state index in [1.165, 1.54) is 11.0 Å². The Bertz CT molecular complexity index is 1010. The Balaban J connectivity index is 1.78. The summed E-state index contributed by atoms with van der Waals surface area (Å²) < 4.78 is 0. The maximum atomic E-state index is 12.8. The topological polar surface area (TPSA) is 88.0 Å².